The SMILES string of the molecule is C=C/C(=N\C(=NCc1ccc(F)c(Cl)c1)N1C(=O)CCC1=O)N1CCN(C(=N)CC(F)(F)F)CC1. The van der Waals surface area contributed by atoms with E-state index < -0.39 is 36.1 Å². The third-order valence-corrected chi connectivity index (χ3v) is 5.68. The van der Waals surface area contributed by atoms with Crippen LogP contribution in [-0.4, -0.2) is 76.5 Å². The maximum Gasteiger partial charge on any atom is 0.396 e. The van der Waals surface area contributed by atoms with E-state index in [1.165, 1.54) is 29.2 Å². The van der Waals surface area contributed by atoms with Crippen molar-refractivity contribution in [2.45, 2.75) is 32.0 Å². The van der Waals surface area contributed by atoms with E-state index in [2.05, 4.69) is 16.6 Å². The Morgan fingerprint density at radius 2 is 1.71 bits per heavy atom. The number of carbonyl (C=O) groups excluding carboxylic acids is 2. The van der Waals surface area contributed by atoms with Crippen molar-refractivity contribution < 1.29 is 27.2 Å². The lowest BCUT2D eigenvalue weighted by Crippen LogP contribution is -2.51. The Labute approximate surface area is 204 Å². The van der Waals surface area contributed by atoms with Crippen LogP contribution in [0.25, 0.3) is 0 Å². The zero-order chi connectivity index (χ0) is 25.8. The number of benzene rings is 1. The van der Waals surface area contributed by atoms with Gasteiger partial charge in [0.15, 0.2) is 0 Å². The lowest BCUT2D eigenvalue weighted by Gasteiger charge is -2.37. The summed E-state index contributed by atoms with van der Waals surface area (Å²) < 4.78 is 51.3. The number of piperazine rings is 1. The lowest BCUT2D eigenvalue weighted by atomic mass is 10.2. The summed E-state index contributed by atoms with van der Waals surface area (Å²) >= 11 is 5.81. The fraction of sp³-hybridized carbons (Fsp3) is 0.409. The van der Waals surface area contributed by atoms with Crippen LogP contribution in [0.4, 0.5) is 17.6 Å². The fourth-order valence-electron chi connectivity index (χ4n) is 3.61. The van der Waals surface area contributed by atoms with Crippen molar-refractivity contribution in [1.29, 1.82) is 5.41 Å². The highest BCUT2D eigenvalue weighted by atomic mass is 35.5. The zero-order valence-electron chi connectivity index (χ0n) is 18.6. The van der Waals surface area contributed by atoms with Gasteiger partial charge in [-0.1, -0.05) is 24.2 Å². The van der Waals surface area contributed by atoms with Gasteiger partial charge in [-0.3, -0.25) is 15.0 Å². The standard InChI is InChI=1S/C22H23ClF4N6O2/c1-2-18(32-9-7-31(8-10-32)17(28)12-22(25,26)27)30-21(33-19(34)5-6-20(33)35)29-13-14-3-4-16(24)15(23)11-14/h2-4,11,28H,1,5-10,12-13H2/b28-17?,29-21?,30-18+. The lowest BCUT2D eigenvalue weighted by molar-refractivity contribution is -0.133. The van der Waals surface area contributed by atoms with E-state index in [0.717, 1.165) is 4.90 Å². The number of rotatable bonds is 4. The van der Waals surface area contributed by atoms with E-state index in [-0.39, 0.29) is 62.4 Å². The van der Waals surface area contributed by atoms with E-state index in [4.69, 9.17) is 17.0 Å². The maximum atomic E-state index is 13.5. The third kappa shape index (κ3) is 6.87. The Kier molecular flexibility index (Phi) is 8.26. The summed E-state index contributed by atoms with van der Waals surface area (Å²) in [6, 6.07) is 4.01. The molecule has 0 saturated carbocycles. The molecule has 8 nitrogen and oxygen atoms in total. The maximum absolute atomic E-state index is 13.5. The van der Waals surface area contributed by atoms with Crippen LogP contribution in [0.3, 0.4) is 0 Å². The van der Waals surface area contributed by atoms with Crippen molar-refractivity contribution in [3.05, 3.63) is 47.3 Å². The Morgan fingerprint density at radius 1 is 1.11 bits per heavy atom. The molecule has 0 radical (unpaired) electrons. The Balaban J connectivity index is 1.81. The molecule has 13 heteroatoms. The van der Waals surface area contributed by atoms with Gasteiger partial charge in [0, 0.05) is 39.0 Å². The average molecular weight is 515 g/mol. The summed E-state index contributed by atoms with van der Waals surface area (Å²) in [7, 11) is 0. The van der Waals surface area contributed by atoms with Crippen LogP contribution in [0.1, 0.15) is 24.8 Å². The van der Waals surface area contributed by atoms with Crippen LogP contribution in [-0.2, 0) is 16.1 Å². The van der Waals surface area contributed by atoms with Gasteiger partial charge < -0.3 is 9.80 Å². The molecule has 35 heavy (non-hydrogen) atoms. The van der Waals surface area contributed by atoms with Gasteiger partial charge in [0.1, 0.15) is 23.9 Å². The number of aliphatic imine (C=N–C) groups is 2. The van der Waals surface area contributed by atoms with Gasteiger partial charge in [-0.25, -0.2) is 14.3 Å². The molecule has 188 valence electrons. The van der Waals surface area contributed by atoms with Crippen molar-refractivity contribution in [3.8, 4) is 0 Å². The first kappa shape index (κ1) is 26.3. The Bertz CT molecular complexity index is 1060. The van der Waals surface area contributed by atoms with Gasteiger partial charge in [-0.05, 0) is 23.8 Å². The molecule has 2 saturated heterocycles. The number of guanidine groups is 1. The van der Waals surface area contributed by atoms with Crippen molar-refractivity contribution in [2.75, 3.05) is 26.2 Å². The highest BCUT2D eigenvalue weighted by Gasteiger charge is 2.34. The molecule has 2 fully saturated rings. The first-order valence-corrected chi connectivity index (χ1v) is 11.1. The molecule has 2 aliphatic heterocycles. The zero-order valence-corrected chi connectivity index (χ0v) is 19.4. The number of amidine groups is 2. The molecule has 3 rings (SSSR count). The molecule has 0 aliphatic carbocycles. The smallest absolute Gasteiger partial charge is 0.357 e. The van der Waals surface area contributed by atoms with Gasteiger partial charge in [-0.15, -0.1) is 0 Å². The van der Waals surface area contributed by atoms with Crippen molar-refractivity contribution in [1.82, 2.24) is 14.7 Å². The summed E-state index contributed by atoms with van der Waals surface area (Å²) in [4.78, 5) is 37.3. The molecule has 0 spiro atoms. The molecule has 0 bridgehead atoms. The molecule has 0 unspecified atom stereocenters. The molecule has 0 atom stereocenters. The molecule has 0 aromatic heterocycles. The van der Waals surface area contributed by atoms with Gasteiger partial charge in [0.05, 0.1) is 11.6 Å². The first-order chi connectivity index (χ1) is 16.5. The van der Waals surface area contributed by atoms with Crippen LogP contribution in [0.5, 0.6) is 0 Å². The number of amides is 2. The van der Waals surface area contributed by atoms with E-state index in [9.17, 15) is 27.2 Å². The number of nitrogens with one attached hydrogen (secondary N) is 1. The number of hydrogen-bond donors (Lipinski definition) is 1. The number of hydrogen-bond acceptors (Lipinski definition) is 4. The number of nitrogens with zero attached hydrogens (tertiary/aromatic N) is 5. The summed E-state index contributed by atoms with van der Waals surface area (Å²) in [6.07, 6.45) is -4.35. The fourth-order valence-corrected chi connectivity index (χ4v) is 3.81. The third-order valence-electron chi connectivity index (χ3n) is 5.39. The van der Waals surface area contributed by atoms with Crippen LogP contribution < -0.4 is 0 Å². The topological polar surface area (TPSA) is 92.4 Å². The second-order valence-electron chi connectivity index (χ2n) is 7.87. The van der Waals surface area contributed by atoms with Crippen molar-refractivity contribution >= 4 is 41.0 Å². The predicted molar refractivity (Wildman–Crippen MR) is 123 cm³/mol. The quantitative estimate of drug-likeness (QED) is 0.287. The minimum Gasteiger partial charge on any atom is -0.357 e. The molecular formula is C22H23ClF4N6O2. The molecule has 2 heterocycles. The van der Waals surface area contributed by atoms with Crippen LogP contribution in [0.2, 0.25) is 5.02 Å². The molecular weight excluding hydrogens is 492 g/mol. The average Bonchev–Trinajstić information content (AvgIpc) is 3.13. The number of halogens is 5. The Morgan fingerprint density at radius 3 is 2.26 bits per heavy atom. The van der Waals surface area contributed by atoms with Gasteiger partial charge in [-0.2, -0.15) is 18.2 Å². The van der Waals surface area contributed by atoms with E-state index in [0.29, 0.717) is 5.56 Å². The summed E-state index contributed by atoms with van der Waals surface area (Å²) in [5.41, 5.74) is 0.528. The summed E-state index contributed by atoms with van der Waals surface area (Å²) in [6.45, 7) is 4.48. The van der Waals surface area contributed by atoms with Gasteiger partial charge in [0.25, 0.3) is 0 Å². The minimum absolute atomic E-state index is 0.0131. The van der Waals surface area contributed by atoms with Crippen molar-refractivity contribution in [3.63, 3.8) is 0 Å². The van der Waals surface area contributed by atoms with Crippen molar-refractivity contribution in [2.24, 2.45) is 9.98 Å². The second kappa shape index (κ2) is 11.0. The Hall–Kier alpha value is -3.28. The van der Waals surface area contributed by atoms with Crippen LogP contribution >= 0.6 is 11.6 Å². The molecule has 1 aromatic rings. The first-order valence-electron chi connectivity index (χ1n) is 10.7. The van der Waals surface area contributed by atoms with Gasteiger partial charge >= 0.3 is 6.18 Å². The number of carbonyl (C=O) groups is 2. The minimum atomic E-state index is -4.46. The van der Waals surface area contributed by atoms with E-state index >= 15 is 0 Å². The molecule has 2 amide bonds. The van der Waals surface area contributed by atoms with E-state index in [1.54, 1.807) is 4.90 Å². The predicted octanol–water partition coefficient (Wildman–Crippen LogP) is 3.62. The number of alkyl halides is 3. The monoisotopic (exact) mass is 514 g/mol. The molecule has 1 N–H and O–H groups in total. The van der Waals surface area contributed by atoms with Crippen LogP contribution in [0.15, 0.2) is 40.8 Å². The second-order valence-corrected chi connectivity index (χ2v) is 8.28. The summed E-state index contributed by atoms with van der Waals surface area (Å²) in [5.74, 6) is -1.94. The van der Waals surface area contributed by atoms with E-state index in [1.807, 2.05) is 0 Å². The largest absolute Gasteiger partial charge is 0.396 e. The normalized spacial score (nSPS) is 17.9. The number of imide groups is 1. The van der Waals surface area contributed by atoms with Crippen LogP contribution in [0, 0.1) is 11.2 Å². The highest BCUT2D eigenvalue weighted by molar-refractivity contribution is 6.30. The highest BCUT2D eigenvalue weighted by Crippen LogP contribution is 2.22. The summed E-state index contributed by atoms with van der Waals surface area (Å²) in [5, 5.41) is 7.60. The molecule has 1 aromatic carbocycles. The molecule has 2 aliphatic rings. The number of likely N-dealkylation sites (tertiary alicyclic amines) is 1. The van der Waals surface area contributed by atoms with Gasteiger partial charge in [0.2, 0.25) is 17.8 Å².